The van der Waals surface area contributed by atoms with Gasteiger partial charge in [-0.25, -0.2) is 0 Å². The third kappa shape index (κ3) is 4.84. The average molecular weight is 271 g/mol. The predicted molar refractivity (Wildman–Crippen MR) is 77.5 cm³/mol. The quantitative estimate of drug-likeness (QED) is 0.789. The first-order valence-corrected chi connectivity index (χ1v) is 6.92. The molecule has 2 N–H and O–H groups in total. The van der Waals surface area contributed by atoms with Crippen molar-refractivity contribution in [3.63, 3.8) is 0 Å². The molecule has 0 fully saturated rings. The summed E-state index contributed by atoms with van der Waals surface area (Å²) in [5.41, 5.74) is 6.66. The second-order valence-corrected chi connectivity index (χ2v) is 4.59. The molecule has 4 heteroatoms. The van der Waals surface area contributed by atoms with Gasteiger partial charge in [0.15, 0.2) is 0 Å². The van der Waals surface area contributed by atoms with Crippen LogP contribution in [0.4, 0.5) is 0 Å². The van der Waals surface area contributed by atoms with Crippen LogP contribution < -0.4 is 10.5 Å². The van der Waals surface area contributed by atoms with Crippen molar-refractivity contribution in [3.05, 3.63) is 28.8 Å². The van der Waals surface area contributed by atoms with Gasteiger partial charge in [-0.05, 0) is 43.8 Å². The molecule has 0 amide bonds. The third-order valence-electron chi connectivity index (χ3n) is 2.99. The summed E-state index contributed by atoms with van der Waals surface area (Å²) in [6, 6.07) is 5.88. The van der Waals surface area contributed by atoms with Gasteiger partial charge in [0.05, 0.1) is 5.02 Å². The SMILES string of the molecule is CCN(CC)CCOc1ccc(CCN)cc1Cl. The molecule has 0 unspecified atom stereocenters. The molecule has 0 aliphatic carbocycles. The Labute approximate surface area is 115 Å². The molecule has 0 spiro atoms. The van der Waals surface area contributed by atoms with E-state index in [1.54, 1.807) is 0 Å². The van der Waals surface area contributed by atoms with Gasteiger partial charge in [0.25, 0.3) is 0 Å². The lowest BCUT2D eigenvalue weighted by molar-refractivity contribution is 0.223. The molecule has 3 nitrogen and oxygen atoms in total. The van der Waals surface area contributed by atoms with Crippen molar-refractivity contribution in [1.29, 1.82) is 0 Å². The molecule has 0 aromatic heterocycles. The van der Waals surface area contributed by atoms with E-state index < -0.39 is 0 Å². The Bertz CT molecular complexity index is 354. The molecule has 0 aliphatic heterocycles. The molecular weight excluding hydrogens is 248 g/mol. The highest BCUT2D eigenvalue weighted by atomic mass is 35.5. The largest absolute Gasteiger partial charge is 0.491 e. The van der Waals surface area contributed by atoms with Crippen LogP contribution in [0.1, 0.15) is 19.4 Å². The Morgan fingerprint density at radius 2 is 2.00 bits per heavy atom. The molecule has 0 atom stereocenters. The molecule has 0 bridgehead atoms. The Morgan fingerprint density at radius 3 is 2.56 bits per heavy atom. The van der Waals surface area contributed by atoms with E-state index >= 15 is 0 Å². The van der Waals surface area contributed by atoms with Crippen molar-refractivity contribution in [2.75, 3.05) is 32.8 Å². The summed E-state index contributed by atoms with van der Waals surface area (Å²) in [5.74, 6) is 0.754. The van der Waals surface area contributed by atoms with Gasteiger partial charge >= 0.3 is 0 Å². The second-order valence-electron chi connectivity index (χ2n) is 4.18. The zero-order chi connectivity index (χ0) is 13.4. The van der Waals surface area contributed by atoms with E-state index in [2.05, 4.69) is 18.7 Å². The lowest BCUT2D eigenvalue weighted by Gasteiger charge is -2.18. The number of rotatable bonds is 8. The van der Waals surface area contributed by atoms with E-state index in [-0.39, 0.29) is 0 Å². The molecule has 0 saturated carbocycles. The zero-order valence-electron chi connectivity index (χ0n) is 11.3. The number of nitrogens with two attached hydrogens (primary N) is 1. The zero-order valence-corrected chi connectivity index (χ0v) is 12.0. The Balaban J connectivity index is 2.47. The molecule has 0 saturated heterocycles. The average Bonchev–Trinajstić information content (AvgIpc) is 2.37. The third-order valence-corrected chi connectivity index (χ3v) is 3.28. The minimum Gasteiger partial charge on any atom is -0.491 e. The summed E-state index contributed by atoms with van der Waals surface area (Å²) in [6.45, 7) is 8.62. The maximum Gasteiger partial charge on any atom is 0.137 e. The molecule has 1 rings (SSSR count). The Kier molecular flexibility index (Phi) is 7.09. The first kappa shape index (κ1) is 15.3. The number of ether oxygens (including phenoxy) is 1. The maximum atomic E-state index is 6.17. The van der Waals surface area contributed by atoms with E-state index in [0.29, 0.717) is 18.2 Å². The minimum absolute atomic E-state index is 0.637. The van der Waals surface area contributed by atoms with Crippen LogP contribution in [0.5, 0.6) is 5.75 Å². The lowest BCUT2D eigenvalue weighted by Crippen LogP contribution is -2.27. The van der Waals surface area contributed by atoms with Crippen molar-refractivity contribution in [1.82, 2.24) is 4.90 Å². The van der Waals surface area contributed by atoms with E-state index in [1.807, 2.05) is 18.2 Å². The van der Waals surface area contributed by atoms with Gasteiger partial charge in [0.1, 0.15) is 12.4 Å². The normalized spacial score (nSPS) is 10.9. The van der Waals surface area contributed by atoms with Crippen molar-refractivity contribution in [2.45, 2.75) is 20.3 Å². The number of hydrogen-bond donors (Lipinski definition) is 1. The predicted octanol–water partition coefficient (Wildman–Crippen LogP) is 2.56. The van der Waals surface area contributed by atoms with E-state index in [0.717, 1.165) is 37.4 Å². The number of likely N-dealkylation sites (N-methyl/N-ethyl adjacent to an activating group) is 1. The number of halogens is 1. The molecule has 1 aromatic carbocycles. The highest BCUT2D eigenvalue weighted by molar-refractivity contribution is 6.32. The van der Waals surface area contributed by atoms with Gasteiger partial charge in [0, 0.05) is 6.54 Å². The monoisotopic (exact) mass is 270 g/mol. The van der Waals surface area contributed by atoms with Crippen LogP contribution in [0.3, 0.4) is 0 Å². The maximum absolute atomic E-state index is 6.17. The van der Waals surface area contributed by atoms with Crippen molar-refractivity contribution in [2.24, 2.45) is 5.73 Å². The number of benzene rings is 1. The van der Waals surface area contributed by atoms with Crippen molar-refractivity contribution < 1.29 is 4.74 Å². The minimum atomic E-state index is 0.637. The van der Waals surface area contributed by atoms with Gasteiger partial charge in [0.2, 0.25) is 0 Å². The van der Waals surface area contributed by atoms with Crippen LogP contribution in [0.2, 0.25) is 5.02 Å². The molecule has 0 heterocycles. The fourth-order valence-electron chi connectivity index (χ4n) is 1.81. The highest BCUT2D eigenvalue weighted by Gasteiger charge is 2.04. The van der Waals surface area contributed by atoms with Gasteiger partial charge in [-0.15, -0.1) is 0 Å². The fourth-order valence-corrected chi connectivity index (χ4v) is 2.07. The van der Waals surface area contributed by atoms with E-state index in [1.165, 1.54) is 0 Å². The van der Waals surface area contributed by atoms with Crippen LogP contribution in [0.25, 0.3) is 0 Å². The summed E-state index contributed by atoms with van der Waals surface area (Å²) in [7, 11) is 0. The smallest absolute Gasteiger partial charge is 0.137 e. The first-order chi connectivity index (χ1) is 8.71. The van der Waals surface area contributed by atoms with Crippen LogP contribution in [-0.2, 0) is 6.42 Å². The van der Waals surface area contributed by atoms with Crippen LogP contribution >= 0.6 is 11.6 Å². The Morgan fingerprint density at radius 1 is 1.28 bits per heavy atom. The van der Waals surface area contributed by atoms with Gasteiger partial charge in [-0.3, -0.25) is 0 Å². The standard InChI is InChI=1S/C14H23ClN2O/c1-3-17(4-2)9-10-18-14-6-5-12(7-8-16)11-13(14)15/h5-6,11H,3-4,7-10,16H2,1-2H3. The molecule has 0 radical (unpaired) electrons. The van der Waals surface area contributed by atoms with Gasteiger partial charge < -0.3 is 15.4 Å². The number of hydrogen-bond acceptors (Lipinski definition) is 3. The first-order valence-electron chi connectivity index (χ1n) is 6.54. The van der Waals surface area contributed by atoms with Crippen LogP contribution in [0.15, 0.2) is 18.2 Å². The summed E-state index contributed by atoms with van der Waals surface area (Å²) < 4.78 is 5.70. The molecular formula is C14H23ClN2O. The molecule has 1 aromatic rings. The number of nitrogens with zero attached hydrogens (tertiary/aromatic N) is 1. The van der Waals surface area contributed by atoms with E-state index in [4.69, 9.17) is 22.1 Å². The molecule has 0 aliphatic rings. The topological polar surface area (TPSA) is 38.5 Å². The fraction of sp³-hybridized carbons (Fsp3) is 0.571. The highest BCUT2D eigenvalue weighted by Crippen LogP contribution is 2.25. The van der Waals surface area contributed by atoms with E-state index in [9.17, 15) is 0 Å². The summed E-state index contributed by atoms with van der Waals surface area (Å²) in [6.07, 6.45) is 0.847. The van der Waals surface area contributed by atoms with Crippen molar-refractivity contribution >= 4 is 11.6 Å². The lowest BCUT2D eigenvalue weighted by atomic mass is 10.1. The van der Waals surface area contributed by atoms with Crippen molar-refractivity contribution in [3.8, 4) is 5.75 Å². The Hall–Kier alpha value is -0.770. The summed E-state index contributed by atoms with van der Waals surface area (Å²) in [4.78, 5) is 2.32. The molecule has 102 valence electrons. The second kappa shape index (κ2) is 8.35. The van der Waals surface area contributed by atoms with Gasteiger partial charge in [-0.2, -0.15) is 0 Å². The van der Waals surface area contributed by atoms with Crippen LogP contribution in [-0.4, -0.2) is 37.7 Å². The van der Waals surface area contributed by atoms with Gasteiger partial charge in [-0.1, -0.05) is 31.5 Å². The summed E-state index contributed by atoms with van der Waals surface area (Å²) in [5, 5.41) is 0.667. The summed E-state index contributed by atoms with van der Waals surface area (Å²) >= 11 is 6.17. The molecule has 18 heavy (non-hydrogen) atoms. The van der Waals surface area contributed by atoms with Crippen LogP contribution in [0, 0.1) is 0 Å².